The lowest BCUT2D eigenvalue weighted by Crippen LogP contribution is -2.11. The molecule has 13 heavy (non-hydrogen) atoms. The van der Waals surface area contributed by atoms with E-state index in [1.807, 2.05) is 4.98 Å². The van der Waals surface area contributed by atoms with E-state index in [1.54, 1.807) is 0 Å². The van der Waals surface area contributed by atoms with Crippen molar-refractivity contribution in [1.82, 2.24) is 4.98 Å². The van der Waals surface area contributed by atoms with Crippen molar-refractivity contribution in [3.8, 4) is 5.75 Å². The number of carbonyl (C=O) groups is 1. The molecule has 0 unspecified atom stereocenters. The molecule has 70 valence electrons. The van der Waals surface area contributed by atoms with E-state index in [1.165, 1.54) is 0 Å². The fourth-order valence-corrected chi connectivity index (χ4v) is 0.802. The summed E-state index contributed by atoms with van der Waals surface area (Å²) in [6, 6.07) is 0. The summed E-state index contributed by atoms with van der Waals surface area (Å²) >= 11 is 0. The van der Waals surface area contributed by atoms with Crippen LogP contribution in [0.2, 0.25) is 0 Å². The molecule has 0 amide bonds. The average molecular weight is 189 g/mol. The zero-order chi connectivity index (χ0) is 10.0. The number of rotatable bonds is 2. The molecule has 4 nitrogen and oxygen atoms in total. The van der Waals surface area contributed by atoms with Gasteiger partial charge in [0, 0.05) is 6.20 Å². The number of aromatic amines is 1. The largest absolute Gasteiger partial charge is 0.503 e. The number of hydrogen-bond donors (Lipinski definition) is 2. The molecule has 0 aliphatic carbocycles. The highest BCUT2D eigenvalue weighted by Crippen LogP contribution is 2.22. The van der Waals surface area contributed by atoms with E-state index in [9.17, 15) is 18.4 Å². The summed E-state index contributed by atoms with van der Waals surface area (Å²) in [5, 5.41) is 8.90. The summed E-state index contributed by atoms with van der Waals surface area (Å²) in [5.41, 5.74) is -2.36. The molecule has 2 N–H and O–H groups in total. The van der Waals surface area contributed by atoms with Crippen LogP contribution in [0.25, 0.3) is 0 Å². The third kappa shape index (κ3) is 1.56. The maximum Gasteiger partial charge on any atom is 0.282 e. The van der Waals surface area contributed by atoms with E-state index in [-0.39, 0.29) is 11.8 Å². The van der Waals surface area contributed by atoms with Crippen LogP contribution < -0.4 is 5.43 Å². The van der Waals surface area contributed by atoms with Crippen LogP contribution in [0, 0.1) is 0 Å². The zero-order valence-electron chi connectivity index (χ0n) is 6.25. The third-order valence-electron chi connectivity index (χ3n) is 1.46. The number of halogens is 2. The maximum absolute atomic E-state index is 12.0. The second-order valence-electron chi connectivity index (χ2n) is 2.25. The van der Waals surface area contributed by atoms with Gasteiger partial charge in [0.2, 0.25) is 5.43 Å². The number of aldehydes is 1. The first-order valence-corrected chi connectivity index (χ1v) is 3.25. The number of pyridine rings is 1. The van der Waals surface area contributed by atoms with Crippen molar-refractivity contribution in [3.63, 3.8) is 0 Å². The molecule has 0 atom stereocenters. The number of nitrogens with one attached hydrogen (secondary N) is 1. The Morgan fingerprint density at radius 3 is 2.62 bits per heavy atom. The van der Waals surface area contributed by atoms with Crippen molar-refractivity contribution in [2.24, 2.45) is 0 Å². The number of carbonyl (C=O) groups excluding carboxylic acids is 1. The number of aromatic nitrogens is 1. The fourth-order valence-electron chi connectivity index (χ4n) is 0.802. The van der Waals surface area contributed by atoms with Crippen molar-refractivity contribution in [1.29, 1.82) is 0 Å². The third-order valence-corrected chi connectivity index (χ3v) is 1.46. The van der Waals surface area contributed by atoms with Gasteiger partial charge in [0.15, 0.2) is 12.0 Å². The highest BCUT2D eigenvalue weighted by molar-refractivity contribution is 5.74. The van der Waals surface area contributed by atoms with Crippen LogP contribution in [0.5, 0.6) is 5.75 Å². The van der Waals surface area contributed by atoms with Crippen LogP contribution in [0.3, 0.4) is 0 Å². The minimum Gasteiger partial charge on any atom is -0.503 e. The molecule has 1 aromatic heterocycles. The quantitative estimate of drug-likeness (QED) is 0.677. The molecule has 0 saturated carbocycles. The van der Waals surface area contributed by atoms with Crippen molar-refractivity contribution < 1.29 is 18.7 Å². The summed E-state index contributed by atoms with van der Waals surface area (Å²) in [4.78, 5) is 23.0. The van der Waals surface area contributed by atoms with Gasteiger partial charge < -0.3 is 10.1 Å². The monoisotopic (exact) mass is 189 g/mol. The Bertz CT molecular complexity index is 386. The Hall–Kier alpha value is -1.72. The normalized spacial score (nSPS) is 10.4. The minimum atomic E-state index is -2.98. The molecule has 0 aliphatic heterocycles. The van der Waals surface area contributed by atoms with Gasteiger partial charge in [0.1, 0.15) is 5.69 Å². The minimum absolute atomic E-state index is 0.174. The lowest BCUT2D eigenvalue weighted by atomic mass is 10.2. The van der Waals surface area contributed by atoms with Gasteiger partial charge in [-0.25, -0.2) is 8.78 Å². The lowest BCUT2D eigenvalue weighted by Gasteiger charge is -2.02. The van der Waals surface area contributed by atoms with Gasteiger partial charge in [0.05, 0.1) is 5.56 Å². The molecule has 0 spiro atoms. The maximum atomic E-state index is 12.0. The summed E-state index contributed by atoms with van der Waals surface area (Å²) in [6.07, 6.45) is -1.97. The van der Waals surface area contributed by atoms with Crippen LogP contribution in [0.4, 0.5) is 8.78 Å². The van der Waals surface area contributed by atoms with Crippen LogP contribution in [-0.4, -0.2) is 16.4 Å². The topological polar surface area (TPSA) is 70.2 Å². The first-order valence-electron chi connectivity index (χ1n) is 3.25. The van der Waals surface area contributed by atoms with Crippen molar-refractivity contribution in [3.05, 3.63) is 27.7 Å². The Balaban J connectivity index is 3.40. The number of hydrogen-bond acceptors (Lipinski definition) is 3. The van der Waals surface area contributed by atoms with Crippen LogP contribution in [0.15, 0.2) is 11.0 Å². The van der Waals surface area contributed by atoms with Crippen LogP contribution >= 0.6 is 0 Å². The van der Waals surface area contributed by atoms with E-state index in [0.29, 0.717) is 0 Å². The SMILES string of the molecule is O=Cc1c[nH]c(C(F)F)c(O)c1=O. The highest BCUT2D eigenvalue weighted by Gasteiger charge is 2.17. The number of H-pyrrole nitrogens is 1. The molecule has 0 aromatic carbocycles. The Morgan fingerprint density at radius 1 is 1.54 bits per heavy atom. The fraction of sp³-hybridized carbons (Fsp3) is 0.143. The number of alkyl halides is 2. The molecule has 0 radical (unpaired) electrons. The molecular formula is C7H5F2NO3. The van der Waals surface area contributed by atoms with Gasteiger partial charge in [-0.15, -0.1) is 0 Å². The van der Waals surface area contributed by atoms with Crippen molar-refractivity contribution >= 4 is 6.29 Å². The molecule has 6 heteroatoms. The Morgan fingerprint density at radius 2 is 2.15 bits per heavy atom. The van der Waals surface area contributed by atoms with Crippen molar-refractivity contribution in [2.45, 2.75) is 6.43 Å². The first-order chi connectivity index (χ1) is 6.07. The van der Waals surface area contributed by atoms with Gasteiger partial charge in [-0.05, 0) is 0 Å². The Labute approximate surface area is 70.8 Å². The van der Waals surface area contributed by atoms with Gasteiger partial charge in [-0.3, -0.25) is 9.59 Å². The van der Waals surface area contributed by atoms with Gasteiger partial charge in [-0.1, -0.05) is 0 Å². The van der Waals surface area contributed by atoms with E-state index >= 15 is 0 Å². The lowest BCUT2D eigenvalue weighted by molar-refractivity contribution is 0.111. The van der Waals surface area contributed by atoms with E-state index in [0.717, 1.165) is 6.20 Å². The van der Waals surface area contributed by atoms with E-state index < -0.39 is 23.3 Å². The number of aromatic hydroxyl groups is 1. The summed E-state index contributed by atoms with van der Waals surface area (Å²) in [5.74, 6) is -1.11. The second-order valence-corrected chi connectivity index (χ2v) is 2.25. The van der Waals surface area contributed by atoms with Crippen LogP contribution in [-0.2, 0) is 0 Å². The molecule has 1 rings (SSSR count). The zero-order valence-corrected chi connectivity index (χ0v) is 6.25. The molecule has 0 aliphatic rings. The molecule has 0 bridgehead atoms. The Kier molecular flexibility index (Phi) is 2.41. The standard InChI is InChI=1S/C7H5F2NO3/c8-7(9)4-6(13)5(12)3(2-11)1-10-4/h1-2,7,13H,(H,10,12). The molecule has 0 fully saturated rings. The molecule has 1 aromatic rings. The van der Waals surface area contributed by atoms with E-state index in [2.05, 4.69) is 0 Å². The summed E-state index contributed by atoms with van der Waals surface area (Å²) in [7, 11) is 0. The van der Waals surface area contributed by atoms with Gasteiger partial charge >= 0.3 is 0 Å². The van der Waals surface area contributed by atoms with E-state index in [4.69, 9.17) is 5.11 Å². The molecule has 1 heterocycles. The summed E-state index contributed by atoms with van der Waals surface area (Å²) < 4.78 is 24.1. The van der Waals surface area contributed by atoms with Crippen LogP contribution in [0.1, 0.15) is 22.5 Å². The predicted molar refractivity (Wildman–Crippen MR) is 39.1 cm³/mol. The molecule has 0 saturated heterocycles. The highest BCUT2D eigenvalue weighted by atomic mass is 19.3. The predicted octanol–water partition coefficient (Wildman–Crippen LogP) is 0.831. The van der Waals surface area contributed by atoms with Gasteiger partial charge in [-0.2, -0.15) is 0 Å². The smallest absolute Gasteiger partial charge is 0.282 e. The first kappa shape index (κ1) is 9.37. The average Bonchev–Trinajstić information content (AvgIpc) is 2.09. The molecular weight excluding hydrogens is 184 g/mol. The van der Waals surface area contributed by atoms with Gasteiger partial charge in [0.25, 0.3) is 6.43 Å². The second kappa shape index (κ2) is 3.34. The van der Waals surface area contributed by atoms with Crippen molar-refractivity contribution in [2.75, 3.05) is 0 Å². The summed E-state index contributed by atoms with van der Waals surface area (Å²) in [6.45, 7) is 0.